The van der Waals surface area contributed by atoms with Crippen molar-refractivity contribution in [3.05, 3.63) is 39.6 Å². The van der Waals surface area contributed by atoms with Crippen LogP contribution < -0.4 is 10.1 Å². The van der Waals surface area contributed by atoms with Crippen molar-refractivity contribution in [3.63, 3.8) is 0 Å². The zero-order valence-corrected chi connectivity index (χ0v) is 15.3. The van der Waals surface area contributed by atoms with Gasteiger partial charge in [0, 0.05) is 16.6 Å². The molecule has 2 rings (SSSR count). The minimum atomic E-state index is 0.558. The number of hydrogen-bond donors (Lipinski definition) is 1. The Balaban J connectivity index is 2.31. The normalized spacial score (nSPS) is 11.0. The van der Waals surface area contributed by atoms with Gasteiger partial charge < -0.3 is 10.1 Å². The third kappa shape index (κ3) is 4.63. The van der Waals surface area contributed by atoms with E-state index in [4.69, 9.17) is 33.0 Å². The van der Waals surface area contributed by atoms with Crippen molar-refractivity contribution in [2.45, 2.75) is 40.2 Å². The van der Waals surface area contributed by atoms with Crippen LogP contribution in [0.25, 0.3) is 0 Å². The maximum Gasteiger partial charge on any atom is 0.171 e. The molecule has 6 heteroatoms. The molecule has 0 saturated heterocycles. The van der Waals surface area contributed by atoms with Gasteiger partial charge in [0.2, 0.25) is 0 Å². The van der Waals surface area contributed by atoms with E-state index in [2.05, 4.69) is 26.1 Å². The Morgan fingerprint density at radius 3 is 2.35 bits per heavy atom. The average Bonchev–Trinajstić information content (AvgIpc) is 2.83. The number of aryl methyl sites for hydroxylation is 1. The monoisotopic (exact) mass is 355 g/mol. The third-order valence-electron chi connectivity index (χ3n) is 3.55. The summed E-state index contributed by atoms with van der Waals surface area (Å²) in [7, 11) is 0. The summed E-state index contributed by atoms with van der Waals surface area (Å²) < 4.78 is 8.13. The molecule has 4 nitrogen and oxygen atoms in total. The van der Waals surface area contributed by atoms with Crippen molar-refractivity contribution in [1.82, 2.24) is 15.1 Å². The quantitative estimate of drug-likeness (QED) is 0.696. The van der Waals surface area contributed by atoms with Crippen molar-refractivity contribution in [2.75, 3.05) is 13.1 Å². The summed E-state index contributed by atoms with van der Waals surface area (Å²) in [6.45, 7) is 8.94. The molecule has 0 aliphatic carbocycles. The first-order chi connectivity index (χ1) is 11.1. The molecule has 23 heavy (non-hydrogen) atoms. The van der Waals surface area contributed by atoms with Crippen LogP contribution >= 0.6 is 23.2 Å². The minimum absolute atomic E-state index is 0.558. The van der Waals surface area contributed by atoms with E-state index in [-0.39, 0.29) is 0 Å². The standard InChI is InChI=1S/C17H23Cl2N3O/c1-4-15-17(23-14-10-12(18)9-13(19)11-14)16(5-2)22(21-15)8-7-20-6-3/h9-11,20H,4-8H2,1-3H3. The number of rotatable bonds is 8. The van der Waals surface area contributed by atoms with Gasteiger partial charge in [-0.1, -0.05) is 44.0 Å². The zero-order chi connectivity index (χ0) is 16.8. The lowest BCUT2D eigenvalue weighted by Crippen LogP contribution is -2.20. The van der Waals surface area contributed by atoms with E-state index < -0.39 is 0 Å². The van der Waals surface area contributed by atoms with Gasteiger partial charge in [-0.3, -0.25) is 4.68 Å². The van der Waals surface area contributed by atoms with Gasteiger partial charge in [-0.2, -0.15) is 5.10 Å². The van der Waals surface area contributed by atoms with E-state index in [1.807, 2.05) is 4.68 Å². The van der Waals surface area contributed by atoms with Crippen LogP contribution in [0.3, 0.4) is 0 Å². The molecular formula is C17H23Cl2N3O. The lowest BCUT2D eigenvalue weighted by molar-refractivity contribution is 0.467. The topological polar surface area (TPSA) is 39.1 Å². The SMILES string of the molecule is CCNCCn1nc(CC)c(Oc2cc(Cl)cc(Cl)c2)c1CC. The summed E-state index contributed by atoms with van der Waals surface area (Å²) in [4.78, 5) is 0. The zero-order valence-electron chi connectivity index (χ0n) is 13.8. The Bertz CT molecular complexity index is 635. The highest BCUT2D eigenvalue weighted by Gasteiger charge is 2.18. The van der Waals surface area contributed by atoms with Crippen LogP contribution in [0.5, 0.6) is 11.5 Å². The smallest absolute Gasteiger partial charge is 0.171 e. The number of nitrogens with one attached hydrogen (secondary N) is 1. The van der Waals surface area contributed by atoms with Crippen LogP contribution in [-0.4, -0.2) is 22.9 Å². The lowest BCUT2D eigenvalue weighted by atomic mass is 10.2. The van der Waals surface area contributed by atoms with E-state index in [1.165, 1.54) is 0 Å². The number of hydrogen-bond acceptors (Lipinski definition) is 3. The van der Waals surface area contributed by atoms with E-state index in [0.29, 0.717) is 15.8 Å². The minimum Gasteiger partial charge on any atom is -0.453 e. The predicted octanol–water partition coefficient (Wildman–Crippen LogP) is 4.72. The summed E-state index contributed by atoms with van der Waals surface area (Å²) in [5, 5.41) is 9.14. The van der Waals surface area contributed by atoms with Crippen molar-refractivity contribution in [2.24, 2.45) is 0 Å². The molecule has 0 saturated carbocycles. The first-order valence-electron chi connectivity index (χ1n) is 8.02. The first kappa shape index (κ1) is 18.1. The summed E-state index contributed by atoms with van der Waals surface area (Å²) in [6.07, 6.45) is 1.66. The maximum atomic E-state index is 6.10. The molecule has 0 aliphatic rings. The summed E-state index contributed by atoms with van der Waals surface area (Å²) in [5.41, 5.74) is 2.05. The molecule has 1 N–H and O–H groups in total. The van der Waals surface area contributed by atoms with Gasteiger partial charge in [0.1, 0.15) is 11.4 Å². The number of nitrogens with zero attached hydrogens (tertiary/aromatic N) is 2. The van der Waals surface area contributed by atoms with Crippen LogP contribution in [0.2, 0.25) is 10.0 Å². The van der Waals surface area contributed by atoms with Crippen molar-refractivity contribution in [1.29, 1.82) is 0 Å². The van der Waals surface area contributed by atoms with Gasteiger partial charge in [0.25, 0.3) is 0 Å². The van der Waals surface area contributed by atoms with Gasteiger partial charge in [0.05, 0.1) is 12.2 Å². The fraction of sp³-hybridized carbons (Fsp3) is 0.471. The number of ether oxygens (including phenoxy) is 1. The second-order valence-corrected chi connectivity index (χ2v) is 6.09. The molecule has 126 valence electrons. The van der Waals surface area contributed by atoms with Crippen LogP contribution in [0.15, 0.2) is 18.2 Å². The van der Waals surface area contributed by atoms with E-state index in [1.54, 1.807) is 18.2 Å². The molecule has 1 aromatic heterocycles. The molecule has 0 unspecified atom stereocenters. The fourth-order valence-electron chi connectivity index (χ4n) is 2.48. The number of halogens is 2. The molecule has 0 aliphatic heterocycles. The molecule has 0 bridgehead atoms. The number of benzene rings is 1. The molecule has 0 atom stereocenters. The highest BCUT2D eigenvalue weighted by Crippen LogP contribution is 2.33. The second-order valence-electron chi connectivity index (χ2n) is 5.21. The number of likely N-dealkylation sites (N-methyl/N-ethyl adjacent to an activating group) is 1. The number of aromatic nitrogens is 2. The fourth-order valence-corrected chi connectivity index (χ4v) is 2.99. The lowest BCUT2D eigenvalue weighted by Gasteiger charge is -2.10. The van der Waals surface area contributed by atoms with Gasteiger partial charge in [-0.15, -0.1) is 0 Å². The summed E-state index contributed by atoms with van der Waals surface area (Å²) >= 11 is 12.1. The molecule has 0 fully saturated rings. The van der Waals surface area contributed by atoms with Gasteiger partial charge >= 0.3 is 0 Å². The average molecular weight is 356 g/mol. The van der Waals surface area contributed by atoms with Gasteiger partial charge in [-0.05, 0) is 37.6 Å². The van der Waals surface area contributed by atoms with E-state index in [0.717, 1.165) is 49.6 Å². The van der Waals surface area contributed by atoms with Gasteiger partial charge in [0.15, 0.2) is 5.75 Å². The molecule has 2 aromatic rings. The molecule has 1 heterocycles. The Morgan fingerprint density at radius 2 is 1.78 bits per heavy atom. The van der Waals surface area contributed by atoms with E-state index in [9.17, 15) is 0 Å². The largest absolute Gasteiger partial charge is 0.453 e. The highest BCUT2D eigenvalue weighted by molar-refractivity contribution is 6.34. The van der Waals surface area contributed by atoms with Gasteiger partial charge in [-0.25, -0.2) is 0 Å². The molecule has 0 radical (unpaired) electrons. The molecule has 0 amide bonds. The highest BCUT2D eigenvalue weighted by atomic mass is 35.5. The maximum absolute atomic E-state index is 6.10. The molecule has 0 spiro atoms. The van der Waals surface area contributed by atoms with Crippen molar-refractivity contribution < 1.29 is 4.74 Å². The van der Waals surface area contributed by atoms with Crippen molar-refractivity contribution >= 4 is 23.2 Å². The molecular weight excluding hydrogens is 333 g/mol. The Morgan fingerprint density at radius 1 is 1.09 bits per heavy atom. The van der Waals surface area contributed by atoms with Crippen LogP contribution in [-0.2, 0) is 19.4 Å². The predicted molar refractivity (Wildman–Crippen MR) is 96.1 cm³/mol. The summed E-state index contributed by atoms with van der Waals surface area (Å²) in [6, 6.07) is 5.22. The van der Waals surface area contributed by atoms with Crippen LogP contribution in [0.1, 0.15) is 32.2 Å². The molecule has 1 aromatic carbocycles. The Hall–Kier alpha value is -1.23. The first-order valence-corrected chi connectivity index (χ1v) is 8.77. The Kier molecular flexibility index (Phi) is 6.75. The van der Waals surface area contributed by atoms with E-state index >= 15 is 0 Å². The van der Waals surface area contributed by atoms with Crippen LogP contribution in [0.4, 0.5) is 0 Å². The summed E-state index contributed by atoms with van der Waals surface area (Å²) in [5.74, 6) is 1.46. The third-order valence-corrected chi connectivity index (χ3v) is 3.99. The van der Waals surface area contributed by atoms with Crippen LogP contribution in [0, 0.1) is 0 Å². The second kappa shape index (κ2) is 8.57. The van der Waals surface area contributed by atoms with Crippen molar-refractivity contribution in [3.8, 4) is 11.5 Å². The Labute approximate surface area is 147 Å².